The fourth-order valence-electron chi connectivity index (χ4n) is 9.24. The van der Waals surface area contributed by atoms with Crippen LogP contribution in [0.25, 0.3) is 38.8 Å². The molecule has 1 unspecified atom stereocenters. The first-order valence-electron chi connectivity index (χ1n) is 22.7. The predicted molar refractivity (Wildman–Crippen MR) is 252 cm³/mol. The van der Waals surface area contributed by atoms with E-state index in [0.29, 0.717) is 45.0 Å². The normalized spacial score (nSPS) is 15.8. The van der Waals surface area contributed by atoms with E-state index in [9.17, 15) is 0 Å². The fourth-order valence-corrected chi connectivity index (χ4v) is 9.24. The van der Waals surface area contributed by atoms with Crippen LogP contribution in [0, 0.1) is 28.7 Å². The number of likely N-dealkylation sites (tertiary alicyclic amines) is 1. The predicted octanol–water partition coefficient (Wildman–Crippen LogP) is 8.50. The van der Waals surface area contributed by atoms with Gasteiger partial charge in [-0.1, -0.05) is 0 Å². The van der Waals surface area contributed by atoms with E-state index < -0.39 is 23.3 Å². The monoisotopic (exact) mass is 934 g/mol. The molecule has 7 heterocycles. The summed E-state index contributed by atoms with van der Waals surface area (Å²) >= 11 is 0. The Morgan fingerprint density at radius 2 is 1.34 bits per heavy atom. The van der Waals surface area contributed by atoms with Gasteiger partial charge >= 0.3 is 0 Å². The second-order valence-electron chi connectivity index (χ2n) is 17.4. The van der Waals surface area contributed by atoms with Crippen molar-refractivity contribution in [2.45, 2.75) is 63.6 Å². The number of nitrogens with zero attached hydrogens (tertiary/aromatic N) is 5. The maximum atomic E-state index is 16.3. The SMILES string of the molecule is COc1cc(OC)c(F)c(Cc2c[nH]c3ncc(/C(C=N)=C/NC4CCN(C(C)COc5cc(OC)c(F)c(Cc6c[nH]c7ncc(-c8cnn(C9CCNCC9)c8)cc67)c5F)CC4)cc23)c1F. The van der Waals surface area contributed by atoms with Crippen LogP contribution in [-0.2, 0) is 12.8 Å². The number of methoxy groups -OCH3 is 3. The summed E-state index contributed by atoms with van der Waals surface area (Å²) < 4.78 is 86.4. The summed E-state index contributed by atoms with van der Waals surface area (Å²) in [7, 11) is 3.96. The Morgan fingerprint density at radius 1 is 0.765 bits per heavy atom. The molecule has 5 N–H and O–H groups in total. The first-order chi connectivity index (χ1) is 33.1. The summed E-state index contributed by atoms with van der Waals surface area (Å²) in [6.45, 7) is 5.54. The molecule has 1 atom stereocenters. The van der Waals surface area contributed by atoms with Crippen LogP contribution in [0.2, 0.25) is 0 Å². The summed E-state index contributed by atoms with van der Waals surface area (Å²) in [6.07, 6.45) is 17.1. The molecule has 2 aliphatic heterocycles. The van der Waals surface area contributed by atoms with Crippen LogP contribution in [-0.4, -0.2) is 107 Å². The second kappa shape index (κ2) is 20.1. The van der Waals surface area contributed by atoms with Gasteiger partial charge in [-0.2, -0.15) is 5.10 Å². The van der Waals surface area contributed by atoms with Crippen molar-refractivity contribution in [3.05, 3.63) is 119 Å². The van der Waals surface area contributed by atoms with Gasteiger partial charge in [0.05, 0.1) is 33.6 Å². The van der Waals surface area contributed by atoms with Crippen molar-refractivity contribution < 1.29 is 36.5 Å². The van der Waals surface area contributed by atoms with E-state index in [4.69, 9.17) is 24.4 Å². The molecule has 5 aromatic heterocycles. The number of H-pyrrole nitrogens is 2. The van der Waals surface area contributed by atoms with Gasteiger partial charge in [0.1, 0.15) is 17.9 Å². The molecule has 0 aliphatic carbocycles. The quantitative estimate of drug-likeness (QED) is 0.0442. The molecule has 0 bridgehead atoms. The molecule has 0 spiro atoms. The molecular weight excluding hydrogens is 881 g/mol. The minimum absolute atomic E-state index is 0.0596. The van der Waals surface area contributed by atoms with Gasteiger partial charge in [0.2, 0.25) is 0 Å². The number of halogens is 4. The van der Waals surface area contributed by atoms with Crippen molar-refractivity contribution >= 4 is 33.9 Å². The van der Waals surface area contributed by atoms with E-state index in [1.807, 2.05) is 36.1 Å². The van der Waals surface area contributed by atoms with Crippen LogP contribution in [0.1, 0.15) is 66.5 Å². The van der Waals surface area contributed by atoms with Crippen LogP contribution in [0.15, 0.2) is 67.6 Å². The maximum absolute atomic E-state index is 16.3. The zero-order valence-electron chi connectivity index (χ0n) is 38.3. The standard InChI is InChI=1S/C50H54F4N10O4/c1-28(63-11-7-35(8-12-63)57-24-33(19-55)29-13-37-31(22-60-49(37)58-20-29)15-39-45(51)41(65-2)17-42(66-3)46(39)52)27-68-44-18-43(67-4)47(53)40(48(44)54)16-32-23-61-50-38(32)14-30(21-59-50)34-25-62-64(26-34)36-5-9-56-10-6-36/h13-14,17-26,28,35-36,55-57H,5-12,15-16,27H2,1-4H3,(H,58,60)(H,59,61)/b33-24+,55-19?. The van der Waals surface area contributed by atoms with Crippen molar-refractivity contribution in [1.82, 2.24) is 45.2 Å². The molecule has 18 heteroatoms. The zero-order chi connectivity index (χ0) is 47.5. The Hall–Kier alpha value is -6.92. The van der Waals surface area contributed by atoms with E-state index in [2.05, 4.69) is 40.6 Å². The molecule has 0 amide bonds. The lowest BCUT2D eigenvalue weighted by Crippen LogP contribution is -2.46. The molecule has 68 heavy (non-hydrogen) atoms. The number of nitrogens with one attached hydrogen (secondary N) is 5. The average molecular weight is 935 g/mol. The van der Waals surface area contributed by atoms with Gasteiger partial charge in [-0.15, -0.1) is 0 Å². The first-order valence-corrected chi connectivity index (χ1v) is 22.7. The summed E-state index contributed by atoms with van der Waals surface area (Å²) in [4.78, 5) is 17.6. The molecule has 2 aliphatic rings. The Balaban J connectivity index is 0.826. The summed E-state index contributed by atoms with van der Waals surface area (Å²) in [5.74, 6) is -3.63. The number of pyridine rings is 2. The molecule has 14 nitrogen and oxygen atoms in total. The Morgan fingerprint density at radius 3 is 1.94 bits per heavy atom. The number of ether oxygens (including phenoxy) is 4. The van der Waals surface area contributed by atoms with E-state index >= 15 is 17.6 Å². The summed E-state index contributed by atoms with van der Waals surface area (Å²) in [5, 5.41) is 21.1. The lowest BCUT2D eigenvalue weighted by Gasteiger charge is -2.36. The third-order valence-electron chi connectivity index (χ3n) is 13.3. The molecule has 0 radical (unpaired) electrons. The molecule has 2 saturated heterocycles. The highest BCUT2D eigenvalue weighted by Crippen LogP contribution is 2.37. The number of rotatable bonds is 17. The number of aromatic amines is 2. The van der Waals surface area contributed by atoms with Gasteiger partial charge in [0.15, 0.2) is 46.3 Å². The molecule has 356 valence electrons. The van der Waals surface area contributed by atoms with Crippen molar-refractivity contribution in [3.8, 4) is 34.1 Å². The Bertz CT molecular complexity index is 2940. The number of allylic oxidation sites excluding steroid dienone is 1. The van der Waals surface area contributed by atoms with E-state index in [-0.39, 0.29) is 65.7 Å². The highest BCUT2D eigenvalue weighted by Gasteiger charge is 2.27. The third kappa shape index (κ3) is 9.34. The first kappa shape index (κ1) is 46.2. The maximum Gasteiger partial charge on any atom is 0.171 e. The number of hydrogen-bond donors (Lipinski definition) is 5. The van der Waals surface area contributed by atoms with Gasteiger partial charge in [-0.3, -0.25) is 9.58 Å². The van der Waals surface area contributed by atoms with Crippen LogP contribution >= 0.6 is 0 Å². The van der Waals surface area contributed by atoms with Crippen molar-refractivity contribution in [3.63, 3.8) is 0 Å². The molecule has 2 aromatic carbocycles. The fraction of sp³-hybridized carbons (Fsp3) is 0.360. The van der Waals surface area contributed by atoms with Crippen molar-refractivity contribution in [1.29, 1.82) is 5.41 Å². The van der Waals surface area contributed by atoms with Gasteiger partial charge in [-0.05, 0) is 69.0 Å². The minimum Gasteiger partial charge on any atom is -0.494 e. The van der Waals surface area contributed by atoms with Crippen LogP contribution in [0.4, 0.5) is 17.6 Å². The van der Waals surface area contributed by atoms with Gasteiger partial charge in [-0.25, -0.2) is 27.5 Å². The number of hydrogen-bond acceptors (Lipinski definition) is 11. The molecule has 9 rings (SSSR count). The van der Waals surface area contributed by atoms with Gasteiger partial charge in [0, 0.05) is 138 Å². The van der Waals surface area contributed by atoms with Crippen molar-refractivity contribution in [2.75, 3.05) is 54.1 Å². The van der Waals surface area contributed by atoms with Crippen molar-refractivity contribution in [2.24, 2.45) is 0 Å². The smallest absolute Gasteiger partial charge is 0.171 e. The lowest BCUT2D eigenvalue weighted by atomic mass is 10.0. The summed E-state index contributed by atoms with van der Waals surface area (Å²) in [5.41, 5.74) is 5.08. The number of piperidine rings is 2. The topological polar surface area (TPSA) is 163 Å². The molecule has 2 fully saturated rings. The third-order valence-corrected chi connectivity index (χ3v) is 13.3. The number of fused-ring (bicyclic) bond motifs is 2. The largest absolute Gasteiger partial charge is 0.494 e. The van der Waals surface area contributed by atoms with E-state index in [1.165, 1.54) is 39.7 Å². The molecule has 0 saturated carbocycles. The van der Waals surface area contributed by atoms with Crippen LogP contribution in [0.3, 0.4) is 0 Å². The lowest BCUT2D eigenvalue weighted by molar-refractivity contribution is 0.112. The highest BCUT2D eigenvalue weighted by atomic mass is 19.1. The Kier molecular flexibility index (Phi) is 13.7. The van der Waals surface area contributed by atoms with Gasteiger partial charge in [0.25, 0.3) is 0 Å². The minimum atomic E-state index is -0.809. The number of benzene rings is 2. The van der Waals surface area contributed by atoms with Crippen LogP contribution in [0.5, 0.6) is 23.0 Å². The van der Waals surface area contributed by atoms with Gasteiger partial charge < -0.3 is 45.0 Å². The van der Waals surface area contributed by atoms with E-state index in [0.717, 1.165) is 68.4 Å². The van der Waals surface area contributed by atoms with Crippen LogP contribution < -0.4 is 29.6 Å². The molecular formula is C50H54F4N10O4. The molecule has 7 aromatic rings. The summed E-state index contributed by atoms with van der Waals surface area (Å²) in [6, 6.07) is 6.61. The van der Waals surface area contributed by atoms with E-state index in [1.54, 1.807) is 31.0 Å². The average Bonchev–Trinajstić information content (AvgIpc) is 4.13. The number of aromatic nitrogens is 6. The highest BCUT2D eigenvalue weighted by molar-refractivity contribution is 6.09. The second-order valence-corrected chi connectivity index (χ2v) is 17.4. The zero-order valence-corrected chi connectivity index (χ0v) is 38.3. The Labute approximate surface area is 390 Å².